The second-order valence-electron chi connectivity index (χ2n) is 4.29. The minimum absolute atomic E-state index is 0.166. The van der Waals surface area contributed by atoms with Gasteiger partial charge in [-0.05, 0) is 35.4 Å². The summed E-state index contributed by atoms with van der Waals surface area (Å²) in [6, 6.07) is 9.18. The number of ether oxygens (including phenoxy) is 1. The smallest absolute Gasteiger partial charge is 0.256 e. The molecule has 1 aromatic heterocycles. The maximum Gasteiger partial charge on any atom is 0.256 e. The summed E-state index contributed by atoms with van der Waals surface area (Å²) < 4.78 is 6.21. The molecule has 96 valence electrons. The van der Waals surface area contributed by atoms with Crippen molar-refractivity contribution in [2.45, 2.75) is 13.2 Å². The molecule has 0 saturated heterocycles. The summed E-state index contributed by atoms with van der Waals surface area (Å²) in [6.45, 7) is 1.20. The summed E-state index contributed by atoms with van der Waals surface area (Å²) in [5.74, 6) is 0.358. The topological polar surface area (TPSA) is 51.2 Å². The molecule has 0 radical (unpaired) electrons. The van der Waals surface area contributed by atoms with E-state index in [-0.39, 0.29) is 5.91 Å². The molecule has 19 heavy (non-hydrogen) atoms. The van der Waals surface area contributed by atoms with E-state index in [9.17, 15) is 4.79 Å². The highest BCUT2D eigenvalue weighted by Crippen LogP contribution is 2.21. The number of anilines is 1. The molecule has 1 amide bonds. The average molecular weight is 319 g/mol. The summed E-state index contributed by atoms with van der Waals surface area (Å²) in [4.78, 5) is 16.2. The maximum atomic E-state index is 12.1. The van der Waals surface area contributed by atoms with Gasteiger partial charge in [-0.25, -0.2) is 4.98 Å². The Morgan fingerprint density at radius 3 is 2.89 bits per heavy atom. The number of nitrogens with one attached hydrogen (secondary N) is 1. The van der Waals surface area contributed by atoms with Crippen molar-refractivity contribution in [2.75, 3.05) is 5.32 Å². The number of carbonyl (C=O) groups is 1. The lowest BCUT2D eigenvalue weighted by Crippen LogP contribution is -2.13. The quantitative estimate of drug-likeness (QED) is 0.925. The van der Waals surface area contributed by atoms with Crippen molar-refractivity contribution in [3.05, 3.63) is 57.7 Å². The number of carbonyl (C=O) groups excluding carboxylic acids is 1. The van der Waals surface area contributed by atoms with Gasteiger partial charge in [-0.1, -0.05) is 22.0 Å². The third-order valence-corrected chi connectivity index (χ3v) is 3.44. The Morgan fingerprint density at radius 1 is 1.21 bits per heavy atom. The molecule has 1 aliphatic rings. The molecule has 0 saturated carbocycles. The number of benzene rings is 1. The molecular weight excluding hydrogens is 308 g/mol. The van der Waals surface area contributed by atoms with Crippen molar-refractivity contribution in [3.63, 3.8) is 0 Å². The summed E-state index contributed by atoms with van der Waals surface area (Å²) in [5, 5.41) is 2.77. The van der Waals surface area contributed by atoms with E-state index < -0.39 is 0 Å². The zero-order chi connectivity index (χ0) is 13.2. The van der Waals surface area contributed by atoms with Gasteiger partial charge in [0.1, 0.15) is 5.82 Å². The normalized spacial score (nSPS) is 13.1. The lowest BCUT2D eigenvalue weighted by molar-refractivity contribution is 0.102. The van der Waals surface area contributed by atoms with Crippen LogP contribution in [0.2, 0.25) is 0 Å². The third-order valence-electron chi connectivity index (χ3n) is 2.95. The highest BCUT2D eigenvalue weighted by molar-refractivity contribution is 9.10. The van der Waals surface area contributed by atoms with E-state index >= 15 is 0 Å². The van der Waals surface area contributed by atoms with Crippen LogP contribution in [-0.2, 0) is 18.0 Å². The van der Waals surface area contributed by atoms with E-state index in [1.54, 1.807) is 18.3 Å². The van der Waals surface area contributed by atoms with Gasteiger partial charge in [0.2, 0.25) is 0 Å². The molecule has 5 heteroatoms. The van der Waals surface area contributed by atoms with Gasteiger partial charge < -0.3 is 10.1 Å². The highest BCUT2D eigenvalue weighted by Gasteiger charge is 2.14. The van der Waals surface area contributed by atoms with Crippen molar-refractivity contribution < 1.29 is 9.53 Å². The van der Waals surface area contributed by atoms with Crippen LogP contribution in [0.4, 0.5) is 5.82 Å². The fourth-order valence-electron chi connectivity index (χ4n) is 1.97. The van der Waals surface area contributed by atoms with Gasteiger partial charge in [0.05, 0.1) is 13.2 Å². The first-order chi connectivity index (χ1) is 9.22. The van der Waals surface area contributed by atoms with Gasteiger partial charge in [0.15, 0.2) is 0 Å². The average Bonchev–Trinajstić information content (AvgIpc) is 2.85. The summed E-state index contributed by atoms with van der Waals surface area (Å²) in [5.41, 5.74) is 2.85. The second-order valence-corrected chi connectivity index (χ2v) is 5.21. The molecule has 2 aromatic rings. The fourth-order valence-corrected chi connectivity index (χ4v) is 2.31. The second kappa shape index (κ2) is 5.11. The van der Waals surface area contributed by atoms with Gasteiger partial charge in [0.25, 0.3) is 5.91 Å². The van der Waals surface area contributed by atoms with Crippen LogP contribution < -0.4 is 5.32 Å². The molecule has 0 fully saturated rings. The number of fused-ring (bicyclic) bond motifs is 1. The van der Waals surface area contributed by atoms with Crippen LogP contribution in [0.3, 0.4) is 0 Å². The van der Waals surface area contributed by atoms with Crippen LogP contribution in [0.5, 0.6) is 0 Å². The first-order valence-electron chi connectivity index (χ1n) is 5.85. The Bertz CT molecular complexity index is 643. The molecule has 0 unspecified atom stereocenters. The van der Waals surface area contributed by atoms with Crippen molar-refractivity contribution in [3.8, 4) is 0 Å². The lowest BCUT2D eigenvalue weighted by Gasteiger charge is -2.06. The number of hydrogen-bond donors (Lipinski definition) is 1. The first kappa shape index (κ1) is 12.3. The molecule has 3 rings (SSSR count). The van der Waals surface area contributed by atoms with Crippen LogP contribution in [0.15, 0.2) is 41.0 Å². The van der Waals surface area contributed by atoms with E-state index in [1.807, 2.05) is 18.2 Å². The number of amides is 1. The largest absolute Gasteiger partial charge is 0.372 e. The molecule has 4 nitrogen and oxygen atoms in total. The van der Waals surface area contributed by atoms with E-state index in [1.165, 1.54) is 0 Å². The molecule has 1 aromatic carbocycles. The summed E-state index contributed by atoms with van der Waals surface area (Å²) >= 11 is 3.34. The molecule has 0 atom stereocenters. The lowest BCUT2D eigenvalue weighted by atomic mass is 10.1. The van der Waals surface area contributed by atoms with Gasteiger partial charge in [-0.2, -0.15) is 0 Å². The number of halogens is 1. The van der Waals surface area contributed by atoms with Crippen LogP contribution >= 0.6 is 15.9 Å². The number of nitrogens with zero attached hydrogens (tertiary/aromatic N) is 1. The summed E-state index contributed by atoms with van der Waals surface area (Å²) in [7, 11) is 0. The standard InChI is InChI=1S/C14H11BrN2O2/c15-12-3-4-16-13(6-12)17-14(18)9-1-2-10-7-19-8-11(10)5-9/h1-6H,7-8H2,(H,16,17,18). The first-order valence-corrected chi connectivity index (χ1v) is 6.64. The number of pyridine rings is 1. The minimum Gasteiger partial charge on any atom is -0.372 e. The maximum absolute atomic E-state index is 12.1. The molecule has 0 bridgehead atoms. The van der Waals surface area contributed by atoms with E-state index in [2.05, 4.69) is 26.2 Å². The fraction of sp³-hybridized carbons (Fsp3) is 0.143. The predicted octanol–water partition coefficient (Wildman–Crippen LogP) is 3.13. The highest BCUT2D eigenvalue weighted by atomic mass is 79.9. The van der Waals surface area contributed by atoms with Gasteiger partial charge >= 0.3 is 0 Å². The van der Waals surface area contributed by atoms with Crippen LogP contribution in [0, 0.1) is 0 Å². The number of aromatic nitrogens is 1. The Balaban J connectivity index is 1.81. The Morgan fingerprint density at radius 2 is 2.05 bits per heavy atom. The number of hydrogen-bond acceptors (Lipinski definition) is 3. The van der Waals surface area contributed by atoms with Gasteiger partial charge in [-0.15, -0.1) is 0 Å². The molecular formula is C14H11BrN2O2. The third kappa shape index (κ3) is 2.67. The summed E-state index contributed by atoms with van der Waals surface area (Å²) in [6.07, 6.45) is 1.64. The van der Waals surface area contributed by atoms with Crippen molar-refractivity contribution in [2.24, 2.45) is 0 Å². The number of rotatable bonds is 2. The SMILES string of the molecule is O=C(Nc1cc(Br)ccn1)c1ccc2c(c1)COC2. The van der Waals surface area contributed by atoms with Crippen LogP contribution in [0.1, 0.15) is 21.5 Å². The van der Waals surface area contributed by atoms with E-state index in [0.29, 0.717) is 24.6 Å². The van der Waals surface area contributed by atoms with Gasteiger partial charge in [-0.3, -0.25) is 4.79 Å². The molecule has 0 aliphatic carbocycles. The molecule has 2 heterocycles. The Hall–Kier alpha value is -1.72. The Kier molecular flexibility index (Phi) is 3.31. The van der Waals surface area contributed by atoms with E-state index in [0.717, 1.165) is 15.6 Å². The van der Waals surface area contributed by atoms with Crippen LogP contribution in [0.25, 0.3) is 0 Å². The van der Waals surface area contributed by atoms with Crippen molar-refractivity contribution in [1.29, 1.82) is 0 Å². The molecule has 1 N–H and O–H groups in total. The van der Waals surface area contributed by atoms with Crippen LogP contribution in [-0.4, -0.2) is 10.9 Å². The molecule has 1 aliphatic heterocycles. The van der Waals surface area contributed by atoms with Crippen molar-refractivity contribution >= 4 is 27.7 Å². The monoisotopic (exact) mass is 318 g/mol. The Labute approximate surface area is 118 Å². The predicted molar refractivity (Wildman–Crippen MR) is 74.8 cm³/mol. The van der Waals surface area contributed by atoms with Gasteiger partial charge in [0, 0.05) is 16.2 Å². The zero-order valence-corrected chi connectivity index (χ0v) is 11.6. The zero-order valence-electron chi connectivity index (χ0n) is 10.0. The van der Waals surface area contributed by atoms with Crippen molar-refractivity contribution in [1.82, 2.24) is 4.98 Å². The van der Waals surface area contributed by atoms with E-state index in [4.69, 9.17) is 4.74 Å². The minimum atomic E-state index is -0.166. The molecule has 0 spiro atoms.